The Morgan fingerprint density at radius 2 is 2.14 bits per heavy atom. The van der Waals surface area contributed by atoms with E-state index in [1.165, 1.54) is 4.57 Å². The quantitative estimate of drug-likeness (QED) is 0.682. The van der Waals surface area contributed by atoms with Crippen LogP contribution in [0.4, 0.5) is 5.69 Å². The molecule has 0 unspecified atom stereocenters. The zero-order valence-corrected chi connectivity index (χ0v) is 8.40. The Morgan fingerprint density at radius 3 is 2.64 bits per heavy atom. The first-order valence-electron chi connectivity index (χ1n) is 4.62. The van der Waals surface area contributed by atoms with E-state index in [9.17, 15) is 9.90 Å². The van der Waals surface area contributed by atoms with Crippen LogP contribution in [0.3, 0.4) is 0 Å². The van der Waals surface area contributed by atoms with Crippen molar-refractivity contribution in [2.45, 2.75) is 12.5 Å². The lowest BCUT2D eigenvalue weighted by Gasteiger charge is -2.45. The second kappa shape index (κ2) is 2.85. The highest BCUT2D eigenvalue weighted by molar-refractivity contribution is 5.48. The summed E-state index contributed by atoms with van der Waals surface area (Å²) in [5.41, 5.74) is 0.273. The molecule has 4 nitrogen and oxygen atoms in total. The number of rotatable bonds is 1. The van der Waals surface area contributed by atoms with Crippen molar-refractivity contribution in [2.75, 3.05) is 18.0 Å². The van der Waals surface area contributed by atoms with E-state index in [0.717, 1.165) is 5.69 Å². The zero-order valence-electron chi connectivity index (χ0n) is 8.40. The van der Waals surface area contributed by atoms with Crippen LogP contribution < -0.4 is 10.5 Å². The molecule has 1 fully saturated rings. The van der Waals surface area contributed by atoms with Gasteiger partial charge in [0.2, 0.25) is 0 Å². The molecule has 0 amide bonds. The largest absolute Gasteiger partial charge is 0.386 e. The molecule has 0 saturated carbocycles. The lowest BCUT2D eigenvalue weighted by atomic mass is 9.96. The maximum Gasteiger partial charge on any atom is 0.252 e. The summed E-state index contributed by atoms with van der Waals surface area (Å²) in [5, 5.41) is 9.54. The van der Waals surface area contributed by atoms with Gasteiger partial charge in [-0.15, -0.1) is 0 Å². The van der Waals surface area contributed by atoms with Crippen molar-refractivity contribution in [3.8, 4) is 0 Å². The molecule has 0 radical (unpaired) electrons. The van der Waals surface area contributed by atoms with E-state index >= 15 is 0 Å². The van der Waals surface area contributed by atoms with Crippen LogP contribution in [-0.4, -0.2) is 28.4 Å². The summed E-state index contributed by atoms with van der Waals surface area (Å²) in [6.45, 7) is 2.99. The number of aliphatic hydroxyl groups is 1. The van der Waals surface area contributed by atoms with Gasteiger partial charge in [0.25, 0.3) is 5.56 Å². The van der Waals surface area contributed by atoms with Gasteiger partial charge >= 0.3 is 0 Å². The molecule has 14 heavy (non-hydrogen) atoms. The molecule has 0 aliphatic carbocycles. The Hall–Kier alpha value is -1.29. The zero-order chi connectivity index (χ0) is 10.3. The van der Waals surface area contributed by atoms with Gasteiger partial charge in [-0.05, 0) is 13.0 Å². The first kappa shape index (κ1) is 9.27. The van der Waals surface area contributed by atoms with Crippen molar-refractivity contribution < 1.29 is 5.11 Å². The van der Waals surface area contributed by atoms with Crippen LogP contribution >= 0.6 is 0 Å². The Kier molecular flexibility index (Phi) is 1.89. The average Bonchev–Trinajstić information content (AvgIpc) is 2.06. The number of pyridine rings is 1. The lowest BCUT2D eigenvalue weighted by Crippen LogP contribution is -2.60. The molecule has 1 aliphatic heterocycles. The third-order valence-electron chi connectivity index (χ3n) is 2.52. The van der Waals surface area contributed by atoms with Crippen molar-refractivity contribution in [1.82, 2.24) is 4.57 Å². The van der Waals surface area contributed by atoms with Crippen LogP contribution in [0.5, 0.6) is 0 Å². The molecule has 76 valence electrons. The first-order chi connectivity index (χ1) is 6.48. The van der Waals surface area contributed by atoms with E-state index in [1.54, 1.807) is 26.2 Å². The molecule has 0 bridgehead atoms. The van der Waals surface area contributed by atoms with E-state index < -0.39 is 5.60 Å². The van der Waals surface area contributed by atoms with E-state index in [0.29, 0.717) is 13.1 Å². The minimum Gasteiger partial charge on any atom is -0.386 e. The molecule has 0 atom stereocenters. The highest BCUT2D eigenvalue weighted by Crippen LogP contribution is 2.25. The summed E-state index contributed by atoms with van der Waals surface area (Å²) in [4.78, 5) is 13.3. The predicted octanol–water partition coefficient (Wildman–Crippen LogP) is -0.0437. The summed E-state index contributed by atoms with van der Waals surface area (Å²) in [5.74, 6) is 0. The van der Waals surface area contributed by atoms with Gasteiger partial charge in [-0.2, -0.15) is 0 Å². The molecule has 4 heteroatoms. The number of β-amino-alcohol motifs (C(OH)–C–C–N with tert-alkyl or cyclic N) is 1. The van der Waals surface area contributed by atoms with Crippen molar-refractivity contribution in [1.29, 1.82) is 0 Å². The molecule has 1 N–H and O–H groups in total. The fourth-order valence-electron chi connectivity index (χ4n) is 1.69. The van der Waals surface area contributed by atoms with Crippen LogP contribution in [0.25, 0.3) is 0 Å². The normalized spacial score (nSPS) is 19.2. The van der Waals surface area contributed by atoms with Crippen LogP contribution in [0, 0.1) is 0 Å². The average molecular weight is 194 g/mol. The smallest absolute Gasteiger partial charge is 0.252 e. The number of aromatic nitrogens is 1. The minimum atomic E-state index is -0.596. The van der Waals surface area contributed by atoms with Gasteiger partial charge < -0.3 is 14.6 Å². The molecular weight excluding hydrogens is 180 g/mol. The molecule has 1 aromatic heterocycles. The highest BCUT2D eigenvalue weighted by Gasteiger charge is 2.36. The van der Waals surface area contributed by atoms with E-state index in [1.807, 2.05) is 11.0 Å². The van der Waals surface area contributed by atoms with Crippen LogP contribution in [0.15, 0.2) is 23.1 Å². The lowest BCUT2D eigenvalue weighted by molar-refractivity contribution is 0.0310. The standard InChI is InChI=1S/C10H14N2O2/c1-10(14)6-12(7-10)8-3-4-11(2)9(13)5-8/h3-5,14H,6-7H2,1-2H3. The molecule has 1 aliphatic rings. The Balaban J connectivity index is 2.20. The molecule has 1 aromatic rings. The van der Waals surface area contributed by atoms with Gasteiger partial charge in [0.05, 0.1) is 5.60 Å². The summed E-state index contributed by atoms with van der Waals surface area (Å²) in [7, 11) is 1.72. The van der Waals surface area contributed by atoms with Gasteiger partial charge in [-0.1, -0.05) is 0 Å². The number of anilines is 1. The number of hydrogen-bond donors (Lipinski definition) is 1. The topological polar surface area (TPSA) is 45.5 Å². The van der Waals surface area contributed by atoms with Crippen molar-refractivity contribution >= 4 is 5.69 Å². The molecule has 2 rings (SSSR count). The summed E-state index contributed by atoms with van der Waals surface area (Å²) < 4.78 is 1.53. The first-order valence-corrected chi connectivity index (χ1v) is 4.62. The van der Waals surface area contributed by atoms with Gasteiger partial charge in [0.1, 0.15) is 0 Å². The second-order valence-electron chi connectivity index (χ2n) is 4.19. The summed E-state index contributed by atoms with van der Waals surface area (Å²) >= 11 is 0. The van der Waals surface area contributed by atoms with Crippen molar-refractivity contribution in [2.24, 2.45) is 7.05 Å². The Morgan fingerprint density at radius 1 is 1.50 bits per heavy atom. The predicted molar refractivity (Wildman–Crippen MR) is 54.5 cm³/mol. The van der Waals surface area contributed by atoms with E-state index in [2.05, 4.69) is 0 Å². The van der Waals surface area contributed by atoms with Gasteiger partial charge in [0.15, 0.2) is 0 Å². The Labute approximate surface area is 82.4 Å². The number of hydrogen-bond acceptors (Lipinski definition) is 3. The second-order valence-corrected chi connectivity index (χ2v) is 4.19. The molecular formula is C10H14N2O2. The van der Waals surface area contributed by atoms with E-state index in [4.69, 9.17) is 0 Å². The third kappa shape index (κ3) is 1.53. The van der Waals surface area contributed by atoms with Crippen molar-refractivity contribution in [3.05, 3.63) is 28.7 Å². The SMILES string of the molecule is Cn1ccc(N2CC(C)(O)C2)cc1=O. The van der Waals surface area contributed by atoms with E-state index in [-0.39, 0.29) is 5.56 Å². The molecule has 0 spiro atoms. The van der Waals surface area contributed by atoms with Crippen LogP contribution in [0.2, 0.25) is 0 Å². The van der Waals surface area contributed by atoms with Crippen molar-refractivity contribution in [3.63, 3.8) is 0 Å². The van der Waals surface area contributed by atoms with Gasteiger partial charge in [-0.3, -0.25) is 4.79 Å². The van der Waals surface area contributed by atoms with Crippen LogP contribution in [-0.2, 0) is 7.05 Å². The fourth-order valence-corrected chi connectivity index (χ4v) is 1.69. The minimum absolute atomic E-state index is 0.0194. The monoisotopic (exact) mass is 194 g/mol. The summed E-state index contributed by atoms with van der Waals surface area (Å²) in [6, 6.07) is 3.48. The fraction of sp³-hybridized carbons (Fsp3) is 0.500. The summed E-state index contributed by atoms with van der Waals surface area (Å²) in [6.07, 6.45) is 1.74. The number of nitrogens with zero attached hydrogens (tertiary/aromatic N) is 2. The third-order valence-corrected chi connectivity index (χ3v) is 2.52. The molecule has 0 aromatic carbocycles. The maximum atomic E-state index is 11.3. The van der Waals surface area contributed by atoms with Gasteiger partial charge in [-0.25, -0.2) is 0 Å². The van der Waals surface area contributed by atoms with Crippen LogP contribution in [0.1, 0.15) is 6.92 Å². The van der Waals surface area contributed by atoms with Gasteiger partial charge in [0, 0.05) is 38.1 Å². The maximum absolute atomic E-state index is 11.3. The highest BCUT2D eigenvalue weighted by atomic mass is 16.3. The molecule has 1 saturated heterocycles. The number of aryl methyl sites for hydroxylation is 1. The molecule has 2 heterocycles. The Bertz CT molecular complexity index is 401.